The minimum atomic E-state index is -0.527. The van der Waals surface area contributed by atoms with Crippen molar-refractivity contribution in [2.24, 2.45) is 0 Å². The van der Waals surface area contributed by atoms with E-state index in [0.29, 0.717) is 17.2 Å². The van der Waals surface area contributed by atoms with Crippen LogP contribution in [0.3, 0.4) is 0 Å². The van der Waals surface area contributed by atoms with Gasteiger partial charge in [0, 0.05) is 6.20 Å². The van der Waals surface area contributed by atoms with E-state index < -0.39 is 4.92 Å². The van der Waals surface area contributed by atoms with E-state index in [9.17, 15) is 15.4 Å². The summed E-state index contributed by atoms with van der Waals surface area (Å²) in [5, 5.41) is 20.5. The molecule has 0 saturated heterocycles. The Labute approximate surface area is 125 Å². The maximum atomic E-state index is 11.2. The first kappa shape index (κ1) is 13.6. The fourth-order valence-electron chi connectivity index (χ4n) is 2.06. The first-order chi connectivity index (χ1) is 10.7. The van der Waals surface area contributed by atoms with Crippen molar-refractivity contribution in [1.29, 1.82) is 5.26 Å². The van der Waals surface area contributed by atoms with E-state index in [1.165, 1.54) is 18.2 Å². The van der Waals surface area contributed by atoms with Crippen molar-refractivity contribution in [2.45, 2.75) is 0 Å². The molecule has 1 aromatic heterocycles. The molecule has 0 N–H and O–H groups in total. The van der Waals surface area contributed by atoms with Gasteiger partial charge in [0.2, 0.25) is 6.79 Å². The summed E-state index contributed by atoms with van der Waals surface area (Å²) in [4.78, 5) is 14.8. The summed E-state index contributed by atoms with van der Waals surface area (Å²) >= 11 is 0. The third kappa shape index (κ3) is 2.45. The van der Waals surface area contributed by atoms with Crippen LogP contribution in [0.15, 0.2) is 36.5 Å². The smallest absolute Gasteiger partial charge is 0.280 e. The number of pyridine rings is 1. The van der Waals surface area contributed by atoms with Gasteiger partial charge in [0.1, 0.15) is 6.07 Å². The molecular formula is C15H9N3O4. The van der Waals surface area contributed by atoms with Crippen LogP contribution < -0.4 is 9.47 Å². The second-order valence-corrected chi connectivity index (χ2v) is 4.41. The number of ether oxygens (including phenoxy) is 2. The summed E-state index contributed by atoms with van der Waals surface area (Å²) in [5.74, 6) is 0.732. The van der Waals surface area contributed by atoms with Gasteiger partial charge in [-0.25, -0.2) is 0 Å². The maximum absolute atomic E-state index is 11.2. The fourth-order valence-corrected chi connectivity index (χ4v) is 2.06. The summed E-state index contributed by atoms with van der Waals surface area (Å²) in [5.41, 5.74) is 0.768. The molecule has 2 heterocycles. The second-order valence-electron chi connectivity index (χ2n) is 4.41. The number of hydrogen-bond acceptors (Lipinski definition) is 6. The van der Waals surface area contributed by atoms with E-state index in [2.05, 4.69) is 4.98 Å². The van der Waals surface area contributed by atoms with E-state index in [1.54, 1.807) is 24.4 Å². The summed E-state index contributed by atoms with van der Waals surface area (Å²) < 4.78 is 10.4. The van der Waals surface area contributed by atoms with Crippen LogP contribution in [0.2, 0.25) is 0 Å². The van der Waals surface area contributed by atoms with Gasteiger partial charge in [-0.1, -0.05) is 6.07 Å². The van der Waals surface area contributed by atoms with E-state index in [1.807, 2.05) is 6.07 Å². The molecule has 1 aliphatic heterocycles. The van der Waals surface area contributed by atoms with E-state index in [-0.39, 0.29) is 23.6 Å². The Morgan fingerprint density at radius 1 is 1.36 bits per heavy atom. The largest absolute Gasteiger partial charge is 0.454 e. The van der Waals surface area contributed by atoms with Gasteiger partial charge in [-0.2, -0.15) is 5.26 Å². The highest BCUT2D eigenvalue weighted by Crippen LogP contribution is 2.39. The predicted octanol–water partition coefficient (Wildman–Crippen LogP) is 2.78. The van der Waals surface area contributed by atoms with Gasteiger partial charge in [0.25, 0.3) is 5.69 Å². The number of fused-ring (bicyclic) bond motifs is 1. The molecule has 0 spiro atoms. The Bertz CT molecular complexity index is 810. The molecule has 7 nitrogen and oxygen atoms in total. The quantitative estimate of drug-likeness (QED) is 0.490. The SMILES string of the molecule is N#C/C(=C/c1cc2c(cc1[N+](=O)[O-])OCO2)c1ccccn1. The van der Waals surface area contributed by atoms with Crippen LogP contribution in [0.25, 0.3) is 11.6 Å². The highest BCUT2D eigenvalue weighted by Gasteiger charge is 2.22. The first-order valence-electron chi connectivity index (χ1n) is 6.30. The van der Waals surface area contributed by atoms with Gasteiger partial charge in [0.05, 0.1) is 27.8 Å². The lowest BCUT2D eigenvalue weighted by molar-refractivity contribution is -0.385. The van der Waals surface area contributed by atoms with Gasteiger partial charge >= 0.3 is 0 Å². The van der Waals surface area contributed by atoms with Crippen LogP contribution in [-0.2, 0) is 0 Å². The van der Waals surface area contributed by atoms with E-state index in [0.717, 1.165) is 0 Å². The molecule has 7 heteroatoms. The molecule has 0 radical (unpaired) electrons. The second kappa shape index (κ2) is 5.54. The van der Waals surface area contributed by atoms with Crippen LogP contribution in [0.5, 0.6) is 11.5 Å². The summed E-state index contributed by atoms with van der Waals surface area (Å²) in [6.45, 7) is 0.0189. The van der Waals surface area contributed by atoms with E-state index in [4.69, 9.17) is 9.47 Å². The van der Waals surface area contributed by atoms with Crippen molar-refractivity contribution in [1.82, 2.24) is 4.98 Å². The molecule has 22 heavy (non-hydrogen) atoms. The first-order valence-corrected chi connectivity index (χ1v) is 6.30. The normalized spacial score (nSPS) is 12.8. The molecule has 0 saturated carbocycles. The number of hydrogen-bond donors (Lipinski definition) is 0. The number of nitrogens with zero attached hydrogens (tertiary/aromatic N) is 3. The van der Waals surface area contributed by atoms with E-state index >= 15 is 0 Å². The maximum Gasteiger partial charge on any atom is 0.280 e. The molecule has 0 bridgehead atoms. The van der Waals surface area contributed by atoms with Crippen molar-refractivity contribution in [3.8, 4) is 17.6 Å². The highest BCUT2D eigenvalue weighted by molar-refractivity contribution is 5.90. The third-order valence-electron chi connectivity index (χ3n) is 3.08. The number of nitriles is 1. The molecule has 0 aliphatic carbocycles. The number of rotatable bonds is 3. The molecule has 1 aliphatic rings. The van der Waals surface area contributed by atoms with Crippen LogP contribution in [0, 0.1) is 21.4 Å². The highest BCUT2D eigenvalue weighted by atomic mass is 16.7. The van der Waals surface area contributed by atoms with Gasteiger partial charge in [-0.3, -0.25) is 15.1 Å². The zero-order valence-corrected chi connectivity index (χ0v) is 11.2. The Morgan fingerprint density at radius 2 is 2.14 bits per heavy atom. The average molecular weight is 295 g/mol. The minimum absolute atomic E-state index is 0.0189. The lowest BCUT2D eigenvalue weighted by Crippen LogP contribution is -1.93. The number of nitro groups is 1. The van der Waals surface area contributed by atoms with Gasteiger partial charge < -0.3 is 9.47 Å². The third-order valence-corrected chi connectivity index (χ3v) is 3.08. The monoisotopic (exact) mass is 295 g/mol. The minimum Gasteiger partial charge on any atom is -0.454 e. The van der Waals surface area contributed by atoms with Crippen LogP contribution in [0.1, 0.15) is 11.3 Å². The topological polar surface area (TPSA) is 98.3 Å². The van der Waals surface area contributed by atoms with Gasteiger partial charge in [0.15, 0.2) is 11.5 Å². The molecule has 0 atom stereocenters. The summed E-state index contributed by atoms with van der Waals surface area (Å²) in [6, 6.07) is 9.91. The lowest BCUT2D eigenvalue weighted by Gasteiger charge is -2.02. The molecule has 1 aromatic carbocycles. The predicted molar refractivity (Wildman–Crippen MR) is 76.9 cm³/mol. The number of nitro benzene ring substituents is 1. The van der Waals surface area contributed by atoms with Crippen LogP contribution in [-0.4, -0.2) is 16.7 Å². The zero-order valence-electron chi connectivity index (χ0n) is 11.2. The van der Waals surface area contributed by atoms with Crippen molar-refractivity contribution in [3.05, 3.63) is 57.9 Å². The average Bonchev–Trinajstić information content (AvgIpc) is 2.99. The molecule has 3 rings (SSSR count). The van der Waals surface area contributed by atoms with Crippen molar-refractivity contribution < 1.29 is 14.4 Å². The molecule has 108 valence electrons. The molecule has 0 amide bonds. The molecule has 0 unspecified atom stereocenters. The van der Waals surface area contributed by atoms with Crippen molar-refractivity contribution >= 4 is 17.3 Å². The lowest BCUT2D eigenvalue weighted by atomic mass is 10.1. The Hall–Kier alpha value is -3.40. The zero-order chi connectivity index (χ0) is 15.5. The standard InChI is InChI=1S/C15H9N3O4/c16-8-11(12-3-1-2-4-17-12)5-10-6-14-15(22-9-21-14)7-13(10)18(19)20/h1-7H,9H2/b11-5-. The Morgan fingerprint density at radius 3 is 2.77 bits per heavy atom. The summed E-state index contributed by atoms with van der Waals surface area (Å²) in [7, 11) is 0. The summed E-state index contributed by atoms with van der Waals surface area (Å²) in [6.07, 6.45) is 2.97. The van der Waals surface area contributed by atoms with Crippen molar-refractivity contribution in [2.75, 3.05) is 6.79 Å². The molecular weight excluding hydrogens is 286 g/mol. The Balaban J connectivity index is 2.13. The van der Waals surface area contributed by atoms with Crippen LogP contribution >= 0.6 is 0 Å². The van der Waals surface area contributed by atoms with Gasteiger partial charge in [-0.05, 0) is 24.3 Å². The van der Waals surface area contributed by atoms with Crippen LogP contribution in [0.4, 0.5) is 5.69 Å². The fraction of sp³-hybridized carbons (Fsp3) is 0.0667. The molecule has 0 fully saturated rings. The van der Waals surface area contributed by atoms with Gasteiger partial charge in [-0.15, -0.1) is 0 Å². The van der Waals surface area contributed by atoms with Crippen molar-refractivity contribution in [3.63, 3.8) is 0 Å². The Kier molecular flexibility index (Phi) is 3.42. The number of aromatic nitrogens is 1. The number of benzene rings is 1. The number of allylic oxidation sites excluding steroid dienone is 1. The molecule has 2 aromatic rings.